The third-order valence-electron chi connectivity index (χ3n) is 4.99. The van der Waals surface area contributed by atoms with Crippen molar-refractivity contribution in [3.8, 4) is 0 Å². The van der Waals surface area contributed by atoms with Crippen molar-refractivity contribution < 1.29 is 58.4 Å². The minimum Gasteiger partial charge on any atom is -1.00 e. The molecule has 0 bridgehead atoms. The molecule has 0 saturated carbocycles. The SMILES string of the molecule is CCCCCCCCCCCCCCCCCCCCCC(=O)O.O=S(=O)(O)O.[H-].[Na+]. The Morgan fingerprint density at radius 1 is 0.600 bits per heavy atom. The Hall–Kier alpha value is 0.340. The summed E-state index contributed by atoms with van der Waals surface area (Å²) in [6.07, 6.45) is 26.1. The summed E-state index contributed by atoms with van der Waals surface area (Å²) in [6.45, 7) is 2.28. The third kappa shape index (κ3) is 46.5. The Bertz CT molecular complexity index is 441. The first-order chi connectivity index (χ1) is 13.8. The van der Waals surface area contributed by atoms with E-state index in [4.69, 9.17) is 22.6 Å². The summed E-state index contributed by atoms with van der Waals surface area (Å²) in [4.78, 5) is 10.4. The van der Waals surface area contributed by atoms with Crippen molar-refractivity contribution in [2.75, 3.05) is 0 Å². The Balaban J connectivity index is -0.000000464. The van der Waals surface area contributed by atoms with Crippen molar-refractivity contribution in [2.24, 2.45) is 0 Å². The molecule has 0 atom stereocenters. The maximum absolute atomic E-state index is 10.4. The normalized spacial score (nSPS) is 10.8. The van der Waals surface area contributed by atoms with Crippen LogP contribution in [0.15, 0.2) is 0 Å². The molecule has 0 unspecified atom stereocenters. The zero-order valence-electron chi connectivity index (χ0n) is 20.6. The van der Waals surface area contributed by atoms with Gasteiger partial charge in [-0.15, -0.1) is 0 Å². The Morgan fingerprint density at radius 2 is 0.800 bits per heavy atom. The van der Waals surface area contributed by atoms with Crippen LogP contribution in [0.4, 0.5) is 0 Å². The second-order valence-corrected chi connectivity index (χ2v) is 8.85. The maximum Gasteiger partial charge on any atom is 1.00 e. The van der Waals surface area contributed by atoms with Gasteiger partial charge in [-0.2, -0.15) is 8.42 Å². The molecule has 0 aliphatic carbocycles. The molecule has 0 saturated heterocycles. The van der Waals surface area contributed by atoms with E-state index in [-0.39, 0.29) is 31.0 Å². The van der Waals surface area contributed by atoms with Crippen LogP contribution in [0.25, 0.3) is 0 Å². The summed E-state index contributed by atoms with van der Waals surface area (Å²) < 4.78 is 31.6. The van der Waals surface area contributed by atoms with Gasteiger partial charge in [0.15, 0.2) is 0 Å². The largest absolute Gasteiger partial charge is 1.00 e. The van der Waals surface area contributed by atoms with Crippen molar-refractivity contribution in [3.05, 3.63) is 0 Å². The first-order valence-electron chi connectivity index (χ1n) is 11.7. The fraction of sp³-hybridized carbons (Fsp3) is 0.955. The Kier molecular flexibility index (Phi) is 31.9. The predicted octanol–water partition coefficient (Wildman–Crippen LogP) is 4.36. The van der Waals surface area contributed by atoms with Crippen LogP contribution in [0, 0.1) is 0 Å². The van der Waals surface area contributed by atoms with Crippen LogP contribution >= 0.6 is 0 Å². The van der Waals surface area contributed by atoms with E-state index < -0.39 is 16.4 Å². The van der Waals surface area contributed by atoms with E-state index in [1.807, 2.05) is 0 Å². The van der Waals surface area contributed by atoms with Gasteiger partial charge in [0.1, 0.15) is 0 Å². The number of rotatable bonds is 20. The smallest absolute Gasteiger partial charge is 1.00 e. The number of carboxylic acids is 1. The zero-order valence-corrected chi connectivity index (χ0v) is 22.4. The molecule has 178 valence electrons. The molecule has 0 aromatic carbocycles. The van der Waals surface area contributed by atoms with Crippen LogP contribution in [0.2, 0.25) is 0 Å². The first-order valence-corrected chi connectivity index (χ1v) is 13.1. The van der Waals surface area contributed by atoms with Crippen LogP contribution in [0.3, 0.4) is 0 Å². The molecule has 6 nitrogen and oxygen atoms in total. The molecular formula is C22H47NaO6S. The van der Waals surface area contributed by atoms with Gasteiger partial charge < -0.3 is 6.53 Å². The minimum absolute atomic E-state index is 0. The van der Waals surface area contributed by atoms with Crippen LogP contribution < -0.4 is 29.6 Å². The second-order valence-electron chi connectivity index (χ2n) is 7.96. The van der Waals surface area contributed by atoms with Gasteiger partial charge in [0.2, 0.25) is 0 Å². The molecule has 0 aromatic rings. The molecule has 0 amide bonds. The molecule has 0 heterocycles. The van der Waals surface area contributed by atoms with E-state index in [1.165, 1.54) is 109 Å². The summed E-state index contributed by atoms with van der Waals surface area (Å²) in [6, 6.07) is 0. The monoisotopic (exact) mass is 462 g/mol. The van der Waals surface area contributed by atoms with Crippen LogP contribution in [-0.2, 0) is 15.2 Å². The van der Waals surface area contributed by atoms with E-state index in [2.05, 4.69) is 6.92 Å². The van der Waals surface area contributed by atoms with E-state index in [0.717, 1.165) is 12.8 Å². The number of hydrogen-bond donors (Lipinski definition) is 3. The van der Waals surface area contributed by atoms with Gasteiger partial charge in [0.05, 0.1) is 0 Å². The quantitative estimate of drug-likeness (QED) is 0.141. The van der Waals surface area contributed by atoms with E-state index >= 15 is 0 Å². The van der Waals surface area contributed by atoms with Gasteiger partial charge in [-0.3, -0.25) is 13.9 Å². The molecule has 0 spiro atoms. The van der Waals surface area contributed by atoms with Gasteiger partial charge in [-0.05, 0) is 6.42 Å². The molecule has 0 aliphatic rings. The Morgan fingerprint density at radius 3 is 1.00 bits per heavy atom. The first kappa shape index (κ1) is 34.9. The number of unbranched alkanes of at least 4 members (excludes halogenated alkanes) is 18. The van der Waals surface area contributed by atoms with Gasteiger partial charge in [-0.25, -0.2) is 0 Å². The minimum atomic E-state index is -4.67. The topological polar surface area (TPSA) is 112 Å². The Labute approximate surface area is 209 Å². The third-order valence-corrected chi connectivity index (χ3v) is 4.99. The summed E-state index contributed by atoms with van der Waals surface area (Å²) in [5.74, 6) is -0.651. The van der Waals surface area contributed by atoms with Crippen LogP contribution in [0.1, 0.15) is 137 Å². The molecule has 3 N–H and O–H groups in total. The fourth-order valence-corrected chi connectivity index (χ4v) is 3.35. The fourth-order valence-electron chi connectivity index (χ4n) is 3.35. The molecular weight excluding hydrogens is 415 g/mol. The van der Waals surface area contributed by atoms with E-state index in [0.29, 0.717) is 6.42 Å². The number of aliphatic carboxylic acids is 1. The predicted molar refractivity (Wildman–Crippen MR) is 121 cm³/mol. The number of carboxylic acid groups (broad SMARTS) is 1. The average Bonchev–Trinajstić information content (AvgIpc) is 2.62. The van der Waals surface area contributed by atoms with Gasteiger partial charge in [0.25, 0.3) is 0 Å². The number of carbonyl (C=O) groups is 1. The van der Waals surface area contributed by atoms with Crippen molar-refractivity contribution in [1.29, 1.82) is 0 Å². The number of hydrogen-bond acceptors (Lipinski definition) is 3. The summed E-state index contributed by atoms with van der Waals surface area (Å²) in [7, 11) is -4.67. The van der Waals surface area contributed by atoms with Gasteiger partial charge in [-0.1, -0.05) is 122 Å². The molecule has 0 aromatic heterocycles. The van der Waals surface area contributed by atoms with Crippen molar-refractivity contribution >= 4 is 16.4 Å². The molecule has 8 heteroatoms. The van der Waals surface area contributed by atoms with Crippen LogP contribution in [-0.4, -0.2) is 28.6 Å². The maximum atomic E-state index is 10.4. The summed E-state index contributed by atoms with van der Waals surface area (Å²) in [5.41, 5.74) is 0. The zero-order chi connectivity index (χ0) is 22.2. The molecule has 30 heavy (non-hydrogen) atoms. The standard InChI is InChI=1S/C22H44O2.Na.H2O4S.H/c1-2-3-4-5-6-7-8-9-10-11-12-13-14-15-16-17-18-19-20-21-22(23)24;;1-5(2,3)4;/h2-21H2,1H3,(H,23,24);;(H2,1,2,3,4);/q;+1;;-1. The summed E-state index contributed by atoms with van der Waals surface area (Å²) >= 11 is 0. The van der Waals surface area contributed by atoms with Gasteiger partial charge >= 0.3 is 45.9 Å². The molecule has 0 fully saturated rings. The molecule has 0 radical (unpaired) electrons. The molecule has 0 aliphatic heterocycles. The van der Waals surface area contributed by atoms with Crippen molar-refractivity contribution in [2.45, 2.75) is 135 Å². The van der Waals surface area contributed by atoms with Crippen molar-refractivity contribution in [3.63, 3.8) is 0 Å². The van der Waals surface area contributed by atoms with Gasteiger partial charge in [0, 0.05) is 6.42 Å². The summed E-state index contributed by atoms with van der Waals surface area (Å²) in [5, 5.41) is 8.56. The average molecular weight is 463 g/mol. The second kappa shape index (κ2) is 27.4. The van der Waals surface area contributed by atoms with Crippen LogP contribution in [0.5, 0.6) is 0 Å². The van der Waals surface area contributed by atoms with E-state index in [1.54, 1.807) is 0 Å². The molecule has 0 rings (SSSR count). The van der Waals surface area contributed by atoms with Crippen molar-refractivity contribution in [1.82, 2.24) is 0 Å². The van der Waals surface area contributed by atoms with E-state index in [9.17, 15) is 4.79 Å².